The van der Waals surface area contributed by atoms with Crippen molar-refractivity contribution in [3.05, 3.63) is 17.8 Å². The van der Waals surface area contributed by atoms with Crippen molar-refractivity contribution in [1.29, 1.82) is 0 Å². The van der Waals surface area contributed by atoms with E-state index < -0.39 is 18.3 Å². The van der Waals surface area contributed by atoms with E-state index in [1.165, 1.54) is 0 Å². The van der Waals surface area contributed by atoms with Crippen LogP contribution in [0, 0.1) is 0 Å². The van der Waals surface area contributed by atoms with E-state index in [1.54, 1.807) is 19.4 Å². The van der Waals surface area contributed by atoms with Crippen LogP contribution >= 0.6 is 0 Å². The first-order chi connectivity index (χ1) is 8.78. The first-order valence-electron chi connectivity index (χ1n) is 6.36. The zero-order valence-corrected chi connectivity index (χ0v) is 12.2. The van der Waals surface area contributed by atoms with Crippen LogP contribution in [0.15, 0.2) is 12.3 Å². The van der Waals surface area contributed by atoms with E-state index in [-0.39, 0.29) is 0 Å². The van der Waals surface area contributed by atoms with Gasteiger partial charge in [-0.2, -0.15) is 0 Å². The van der Waals surface area contributed by atoms with Crippen LogP contribution in [0.3, 0.4) is 0 Å². The number of hydrogen-bond donors (Lipinski definition) is 1. The van der Waals surface area contributed by atoms with E-state index in [4.69, 9.17) is 19.8 Å². The van der Waals surface area contributed by atoms with Gasteiger partial charge in [0.15, 0.2) is 0 Å². The predicted octanol–water partition coefficient (Wildman–Crippen LogP) is 1.11. The monoisotopic (exact) mass is 264 g/mol. The zero-order valence-electron chi connectivity index (χ0n) is 12.2. The van der Waals surface area contributed by atoms with Crippen molar-refractivity contribution in [3.8, 4) is 0 Å². The van der Waals surface area contributed by atoms with Gasteiger partial charge in [0.05, 0.1) is 23.4 Å². The Labute approximate surface area is 114 Å². The summed E-state index contributed by atoms with van der Waals surface area (Å²) in [6.07, 6.45) is 1.66. The first-order valence-corrected chi connectivity index (χ1v) is 6.36. The Morgan fingerprint density at radius 2 is 1.84 bits per heavy atom. The Bertz CT molecular complexity index is 461. The highest BCUT2D eigenvalue weighted by atomic mass is 16.7. The van der Waals surface area contributed by atoms with Gasteiger partial charge in [-0.25, -0.2) is 0 Å². The van der Waals surface area contributed by atoms with Crippen molar-refractivity contribution in [2.45, 2.75) is 45.5 Å². The molecule has 5 nitrogen and oxygen atoms in total. The van der Waals surface area contributed by atoms with Gasteiger partial charge in [-0.3, -0.25) is 4.98 Å². The highest BCUT2D eigenvalue weighted by Crippen LogP contribution is 2.36. The molecule has 0 spiro atoms. The van der Waals surface area contributed by atoms with Crippen LogP contribution in [-0.4, -0.2) is 30.4 Å². The minimum absolute atomic E-state index is 0.388. The van der Waals surface area contributed by atoms with Gasteiger partial charge in [0, 0.05) is 24.6 Å². The summed E-state index contributed by atoms with van der Waals surface area (Å²) in [6.45, 7) is 8.42. The van der Waals surface area contributed by atoms with Crippen molar-refractivity contribution in [3.63, 3.8) is 0 Å². The zero-order chi connectivity index (χ0) is 14.3. The number of pyridine rings is 1. The van der Waals surface area contributed by atoms with E-state index in [2.05, 4.69) is 4.98 Å². The maximum atomic E-state index is 6.00. The Balaban J connectivity index is 2.37. The molecule has 1 fully saturated rings. The highest BCUT2D eigenvalue weighted by molar-refractivity contribution is 6.61. The van der Waals surface area contributed by atoms with Crippen LogP contribution in [0.1, 0.15) is 33.3 Å². The molecule has 0 unspecified atom stereocenters. The summed E-state index contributed by atoms with van der Waals surface area (Å²) in [6, 6.07) is 1.75. The molecule has 0 amide bonds. The van der Waals surface area contributed by atoms with Gasteiger partial charge >= 0.3 is 7.12 Å². The molecule has 19 heavy (non-hydrogen) atoms. The molecule has 0 aromatic carbocycles. The van der Waals surface area contributed by atoms with Gasteiger partial charge < -0.3 is 19.8 Å². The van der Waals surface area contributed by atoms with Crippen LogP contribution in [0.5, 0.6) is 0 Å². The summed E-state index contributed by atoms with van der Waals surface area (Å²) in [4.78, 5) is 4.36. The van der Waals surface area contributed by atoms with Crippen LogP contribution in [0.2, 0.25) is 0 Å². The predicted molar refractivity (Wildman–Crippen MR) is 75.1 cm³/mol. The third-order valence-corrected chi connectivity index (χ3v) is 3.89. The number of hydrogen-bond acceptors (Lipinski definition) is 5. The van der Waals surface area contributed by atoms with Gasteiger partial charge in [0.1, 0.15) is 0 Å². The van der Waals surface area contributed by atoms with E-state index in [1.807, 2.05) is 27.7 Å². The smallest absolute Gasteiger partial charge is 0.398 e. The Kier molecular flexibility index (Phi) is 3.60. The molecule has 0 saturated carbocycles. The Hall–Kier alpha value is -1.11. The number of nitrogens with zero attached hydrogens (tertiary/aromatic N) is 1. The molecule has 0 radical (unpaired) electrons. The lowest BCUT2D eigenvalue weighted by Gasteiger charge is -2.32. The minimum Gasteiger partial charge on any atom is -0.398 e. The maximum Gasteiger partial charge on any atom is 0.514 e. The molecule has 2 heterocycles. The van der Waals surface area contributed by atoms with Gasteiger partial charge in [0.2, 0.25) is 0 Å². The maximum absolute atomic E-state index is 6.00. The highest BCUT2D eigenvalue weighted by Gasteiger charge is 2.53. The number of ether oxygens (including phenoxy) is 1. The molecule has 104 valence electrons. The molecule has 2 rings (SSSR count). The Morgan fingerprint density at radius 3 is 2.37 bits per heavy atom. The van der Waals surface area contributed by atoms with Gasteiger partial charge in [-0.1, -0.05) is 0 Å². The number of nitrogens with two attached hydrogens (primary N) is 1. The summed E-state index contributed by atoms with van der Waals surface area (Å²) in [5, 5.41) is 0. The molecule has 1 aromatic heterocycles. The van der Waals surface area contributed by atoms with Crippen molar-refractivity contribution in [2.24, 2.45) is 0 Å². The topological polar surface area (TPSA) is 66.6 Å². The minimum atomic E-state index is -0.515. The standard InChI is InChI=1S/C13H21BN2O3/c1-12(2)13(3,4)19-14(18-12)11-9(8-17-5)10(15)6-7-16-11/h6-7H,8H2,1-5H3,(H2,15,16). The SMILES string of the molecule is COCc1c(N)ccnc1B1OC(C)(C)C(C)(C)O1. The molecular weight excluding hydrogens is 243 g/mol. The second-order valence-corrected chi connectivity index (χ2v) is 5.79. The second-order valence-electron chi connectivity index (χ2n) is 5.79. The van der Waals surface area contributed by atoms with E-state index >= 15 is 0 Å². The average Bonchev–Trinajstić information content (AvgIpc) is 2.51. The lowest BCUT2D eigenvalue weighted by atomic mass is 9.80. The van der Waals surface area contributed by atoms with E-state index in [9.17, 15) is 0 Å². The van der Waals surface area contributed by atoms with Crippen molar-refractivity contribution in [2.75, 3.05) is 12.8 Å². The molecule has 0 atom stereocenters. The van der Waals surface area contributed by atoms with Gasteiger partial charge in [-0.15, -0.1) is 0 Å². The summed E-state index contributed by atoms with van der Waals surface area (Å²) in [7, 11) is 1.11. The molecule has 6 heteroatoms. The lowest BCUT2D eigenvalue weighted by molar-refractivity contribution is 0.00578. The van der Waals surface area contributed by atoms with Crippen molar-refractivity contribution in [1.82, 2.24) is 4.98 Å². The van der Waals surface area contributed by atoms with Gasteiger partial charge in [-0.05, 0) is 33.8 Å². The van der Waals surface area contributed by atoms with Crippen molar-refractivity contribution < 1.29 is 14.0 Å². The molecule has 0 aliphatic carbocycles. The Morgan fingerprint density at radius 1 is 1.26 bits per heavy atom. The van der Waals surface area contributed by atoms with Crippen LogP contribution in [0.25, 0.3) is 0 Å². The third-order valence-electron chi connectivity index (χ3n) is 3.89. The lowest BCUT2D eigenvalue weighted by Crippen LogP contribution is -2.41. The fraction of sp³-hybridized carbons (Fsp3) is 0.615. The molecule has 2 N–H and O–H groups in total. The number of rotatable bonds is 3. The molecule has 1 aromatic rings. The fourth-order valence-corrected chi connectivity index (χ4v) is 1.98. The summed E-state index contributed by atoms with van der Waals surface area (Å²) in [5.74, 6) is 0. The number of aromatic nitrogens is 1. The molecule has 1 aliphatic rings. The average molecular weight is 264 g/mol. The summed E-state index contributed by atoms with van der Waals surface area (Å²) >= 11 is 0. The van der Waals surface area contributed by atoms with Crippen LogP contribution < -0.4 is 11.3 Å². The molecule has 1 saturated heterocycles. The van der Waals surface area contributed by atoms with E-state index in [0.717, 1.165) is 5.56 Å². The summed E-state index contributed by atoms with van der Waals surface area (Å²) in [5.41, 5.74) is 7.35. The largest absolute Gasteiger partial charge is 0.514 e. The number of methoxy groups -OCH3 is 1. The van der Waals surface area contributed by atoms with Crippen LogP contribution in [0.4, 0.5) is 5.69 Å². The number of nitrogen functional groups attached to an aromatic ring is 1. The van der Waals surface area contributed by atoms with E-state index in [0.29, 0.717) is 17.9 Å². The first kappa shape index (κ1) is 14.3. The molecule has 1 aliphatic heterocycles. The normalized spacial score (nSPS) is 20.8. The molecular formula is C13H21BN2O3. The van der Waals surface area contributed by atoms with Crippen molar-refractivity contribution >= 4 is 18.4 Å². The van der Waals surface area contributed by atoms with Crippen LogP contribution in [-0.2, 0) is 20.7 Å². The third kappa shape index (κ3) is 2.48. The number of anilines is 1. The fourth-order valence-electron chi connectivity index (χ4n) is 1.98. The second kappa shape index (κ2) is 4.78. The molecule has 0 bridgehead atoms. The summed E-state index contributed by atoms with van der Waals surface area (Å²) < 4.78 is 17.2. The van der Waals surface area contributed by atoms with Gasteiger partial charge in [0.25, 0.3) is 0 Å². The quantitative estimate of drug-likeness (QED) is 0.828.